The number of fused-ring (bicyclic) bond motifs is 3. The van der Waals surface area contributed by atoms with Gasteiger partial charge in [0.25, 0.3) is 5.56 Å². The van der Waals surface area contributed by atoms with Crippen LogP contribution in [-0.4, -0.2) is 29.8 Å². The van der Waals surface area contributed by atoms with Crippen molar-refractivity contribution >= 4 is 22.7 Å². The van der Waals surface area contributed by atoms with Crippen molar-refractivity contribution in [2.75, 3.05) is 0 Å². The average Bonchev–Trinajstić information content (AvgIpc) is 3.62. The number of benzene rings is 1. The van der Waals surface area contributed by atoms with Gasteiger partial charge in [0.05, 0.1) is 17.5 Å². The SMILES string of the molecule is C[C@@H]([C@H]1C[C@H]2CC[C@H]1C2)n1c(SCn2nnc3ccccc3c2=O)nnc1-c1ccco1. The van der Waals surface area contributed by atoms with Gasteiger partial charge in [0.2, 0.25) is 5.82 Å². The Kier molecular flexibility index (Phi) is 4.86. The summed E-state index contributed by atoms with van der Waals surface area (Å²) in [5, 5.41) is 18.6. The van der Waals surface area contributed by atoms with Crippen LogP contribution < -0.4 is 5.56 Å². The lowest BCUT2D eigenvalue weighted by Crippen LogP contribution is -2.25. The molecule has 0 spiro atoms. The second kappa shape index (κ2) is 7.88. The minimum Gasteiger partial charge on any atom is -0.461 e. The van der Waals surface area contributed by atoms with Gasteiger partial charge in [-0.25, -0.2) is 0 Å². The molecule has 32 heavy (non-hydrogen) atoms. The van der Waals surface area contributed by atoms with E-state index < -0.39 is 0 Å². The number of hydrogen-bond donors (Lipinski definition) is 0. The van der Waals surface area contributed by atoms with E-state index in [-0.39, 0.29) is 11.6 Å². The molecule has 2 bridgehead atoms. The molecule has 4 atom stereocenters. The van der Waals surface area contributed by atoms with Crippen molar-refractivity contribution in [3.63, 3.8) is 0 Å². The molecule has 2 saturated carbocycles. The van der Waals surface area contributed by atoms with E-state index in [1.165, 1.54) is 42.1 Å². The normalized spacial score (nSPS) is 23.2. The summed E-state index contributed by atoms with van der Waals surface area (Å²) in [7, 11) is 0. The molecule has 0 aliphatic heterocycles. The van der Waals surface area contributed by atoms with E-state index in [9.17, 15) is 4.79 Å². The van der Waals surface area contributed by atoms with E-state index in [2.05, 4.69) is 32.0 Å². The lowest BCUT2D eigenvalue weighted by atomic mass is 9.84. The van der Waals surface area contributed by atoms with E-state index in [4.69, 9.17) is 4.42 Å². The smallest absolute Gasteiger partial charge is 0.278 e. The average molecular weight is 449 g/mol. The van der Waals surface area contributed by atoms with Crippen LogP contribution in [0.4, 0.5) is 0 Å². The van der Waals surface area contributed by atoms with Crippen LogP contribution >= 0.6 is 11.8 Å². The molecule has 6 rings (SSSR count). The highest BCUT2D eigenvalue weighted by Gasteiger charge is 2.43. The van der Waals surface area contributed by atoms with Gasteiger partial charge < -0.3 is 4.42 Å². The zero-order chi connectivity index (χ0) is 21.7. The Bertz CT molecular complexity index is 1310. The molecule has 2 fully saturated rings. The summed E-state index contributed by atoms with van der Waals surface area (Å²) in [4.78, 5) is 12.8. The lowest BCUT2D eigenvalue weighted by molar-refractivity contribution is 0.235. The van der Waals surface area contributed by atoms with Gasteiger partial charge in [-0.3, -0.25) is 9.36 Å². The molecule has 0 saturated heterocycles. The third kappa shape index (κ3) is 3.26. The fourth-order valence-corrected chi connectivity index (χ4v) is 6.52. The van der Waals surface area contributed by atoms with Gasteiger partial charge in [0, 0.05) is 6.04 Å². The third-order valence-corrected chi connectivity index (χ3v) is 8.08. The summed E-state index contributed by atoms with van der Waals surface area (Å²) < 4.78 is 9.26. The summed E-state index contributed by atoms with van der Waals surface area (Å²) in [5.74, 6) is 4.01. The first kappa shape index (κ1) is 19.7. The molecule has 0 N–H and O–H groups in total. The first-order valence-corrected chi connectivity index (χ1v) is 12.1. The minimum atomic E-state index is -0.151. The Balaban J connectivity index is 1.33. The van der Waals surface area contributed by atoms with Crippen molar-refractivity contribution in [2.45, 2.75) is 49.7 Å². The molecule has 9 heteroatoms. The monoisotopic (exact) mass is 448 g/mol. The Morgan fingerprint density at radius 3 is 2.81 bits per heavy atom. The van der Waals surface area contributed by atoms with Gasteiger partial charge in [-0.15, -0.1) is 15.3 Å². The molecular formula is C23H24N6O2S. The number of furan rings is 1. The molecule has 1 aromatic carbocycles. The predicted molar refractivity (Wildman–Crippen MR) is 121 cm³/mol. The van der Waals surface area contributed by atoms with Gasteiger partial charge in [-0.1, -0.05) is 35.5 Å². The Hall–Kier alpha value is -2.94. The van der Waals surface area contributed by atoms with Crippen LogP contribution in [-0.2, 0) is 5.88 Å². The van der Waals surface area contributed by atoms with Gasteiger partial charge >= 0.3 is 0 Å². The van der Waals surface area contributed by atoms with Crippen molar-refractivity contribution in [1.82, 2.24) is 29.8 Å². The second-order valence-electron chi connectivity index (χ2n) is 8.92. The van der Waals surface area contributed by atoms with Crippen molar-refractivity contribution in [2.24, 2.45) is 17.8 Å². The first-order valence-electron chi connectivity index (χ1n) is 11.1. The minimum absolute atomic E-state index is 0.151. The quantitative estimate of drug-likeness (QED) is 0.404. The van der Waals surface area contributed by atoms with E-state index in [1.807, 2.05) is 24.3 Å². The van der Waals surface area contributed by atoms with Gasteiger partial charge in [0.15, 0.2) is 10.9 Å². The Labute approximate surface area is 189 Å². The molecule has 164 valence electrons. The predicted octanol–water partition coefficient (Wildman–Crippen LogP) is 4.39. The number of hydrogen-bond acceptors (Lipinski definition) is 7. The van der Waals surface area contributed by atoms with Gasteiger partial charge in [-0.2, -0.15) is 4.68 Å². The highest BCUT2D eigenvalue weighted by atomic mass is 32.2. The van der Waals surface area contributed by atoms with Crippen LogP contribution in [0, 0.1) is 17.8 Å². The number of thioether (sulfide) groups is 1. The summed E-state index contributed by atoms with van der Waals surface area (Å²) in [6.45, 7) is 2.27. The molecule has 4 aromatic rings. The number of aromatic nitrogens is 6. The van der Waals surface area contributed by atoms with E-state index in [0.29, 0.717) is 28.5 Å². The molecule has 3 aromatic heterocycles. The van der Waals surface area contributed by atoms with Crippen LogP contribution in [0.2, 0.25) is 0 Å². The maximum absolute atomic E-state index is 12.8. The largest absolute Gasteiger partial charge is 0.461 e. The topological polar surface area (TPSA) is 91.6 Å². The van der Waals surface area contributed by atoms with Crippen LogP contribution in [0.1, 0.15) is 38.6 Å². The summed E-state index contributed by atoms with van der Waals surface area (Å²) in [6.07, 6.45) is 6.96. The van der Waals surface area contributed by atoms with Crippen LogP contribution in [0.3, 0.4) is 0 Å². The highest BCUT2D eigenvalue weighted by molar-refractivity contribution is 7.98. The van der Waals surface area contributed by atoms with Crippen molar-refractivity contribution in [1.29, 1.82) is 0 Å². The molecule has 8 nitrogen and oxygen atoms in total. The van der Waals surface area contributed by atoms with Crippen LogP contribution in [0.15, 0.2) is 57.0 Å². The van der Waals surface area contributed by atoms with Crippen LogP contribution in [0.5, 0.6) is 0 Å². The zero-order valence-corrected chi connectivity index (χ0v) is 18.6. The molecule has 0 unspecified atom stereocenters. The van der Waals surface area contributed by atoms with E-state index in [1.54, 1.807) is 18.4 Å². The summed E-state index contributed by atoms with van der Waals surface area (Å²) in [5.41, 5.74) is 0.452. The third-order valence-electron chi connectivity index (χ3n) is 7.17. The van der Waals surface area contributed by atoms with E-state index >= 15 is 0 Å². The second-order valence-corrected chi connectivity index (χ2v) is 9.83. The fraction of sp³-hybridized carbons (Fsp3) is 0.435. The molecule has 0 amide bonds. The van der Waals surface area contributed by atoms with Crippen LogP contribution in [0.25, 0.3) is 22.5 Å². The summed E-state index contributed by atoms with van der Waals surface area (Å²) >= 11 is 1.46. The lowest BCUT2D eigenvalue weighted by Gasteiger charge is -2.30. The maximum atomic E-state index is 12.8. The van der Waals surface area contributed by atoms with Gasteiger partial charge in [-0.05, 0) is 68.2 Å². The zero-order valence-electron chi connectivity index (χ0n) is 17.8. The fourth-order valence-electron chi connectivity index (χ4n) is 5.62. The summed E-state index contributed by atoms with van der Waals surface area (Å²) in [6, 6.07) is 11.3. The molecule has 0 radical (unpaired) electrons. The Morgan fingerprint density at radius 1 is 1.12 bits per heavy atom. The number of nitrogens with zero attached hydrogens (tertiary/aromatic N) is 6. The standard InChI is InChI=1S/C23H24N6O2S/c1-14(18-12-15-8-9-16(18)11-15)29-21(20-7-4-10-31-20)25-26-23(29)32-13-28-22(30)17-5-2-3-6-19(17)24-27-28/h2-7,10,14-16,18H,8-9,11-13H2,1H3/t14-,15-,16-,18+/m0/s1. The highest BCUT2D eigenvalue weighted by Crippen LogP contribution is 2.53. The van der Waals surface area contributed by atoms with Crippen molar-refractivity contribution in [3.05, 3.63) is 53.0 Å². The van der Waals surface area contributed by atoms with Gasteiger partial charge in [0.1, 0.15) is 5.52 Å². The molecule has 3 heterocycles. The maximum Gasteiger partial charge on any atom is 0.278 e. The molecule has 2 aliphatic rings. The first-order chi connectivity index (χ1) is 15.7. The van der Waals surface area contributed by atoms with Crippen molar-refractivity contribution < 1.29 is 4.42 Å². The van der Waals surface area contributed by atoms with Crippen molar-refractivity contribution in [3.8, 4) is 11.6 Å². The number of rotatable bonds is 6. The molecular weight excluding hydrogens is 424 g/mol. The molecule has 2 aliphatic carbocycles. The van der Waals surface area contributed by atoms with E-state index in [0.717, 1.165) is 22.8 Å². The Morgan fingerprint density at radius 2 is 2.03 bits per heavy atom.